The van der Waals surface area contributed by atoms with E-state index in [9.17, 15) is 0 Å². The van der Waals surface area contributed by atoms with Gasteiger partial charge in [-0.25, -0.2) is 0 Å². The van der Waals surface area contributed by atoms with Gasteiger partial charge in [0.15, 0.2) is 0 Å². The number of nitrogens with zero attached hydrogens (tertiary/aromatic N) is 1. The maximum Gasteiger partial charge on any atom is 0.0625 e. The van der Waals surface area contributed by atoms with Gasteiger partial charge in [-0.3, -0.25) is 0 Å². The second-order valence-electron chi connectivity index (χ2n) is 13.3. The van der Waals surface area contributed by atoms with E-state index < -0.39 is 0 Å². The van der Waals surface area contributed by atoms with Crippen LogP contribution in [0.1, 0.15) is 0 Å². The summed E-state index contributed by atoms with van der Waals surface area (Å²) in [5, 5.41) is 10.2. The molecule has 0 unspecified atom stereocenters. The van der Waals surface area contributed by atoms with Gasteiger partial charge >= 0.3 is 0 Å². The van der Waals surface area contributed by atoms with Crippen LogP contribution in [0.4, 0.5) is 0 Å². The smallest absolute Gasteiger partial charge is 0.0625 e. The van der Waals surface area contributed by atoms with Gasteiger partial charge in [-0.2, -0.15) is 0 Å². The van der Waals surface area contributed by atoms with E-state index in [1.54, 1.807) is 0 Å². The molecule has 0 saturated carbocycles. The molecular formula is C48H29NS. The van der Waals surface area contributed by atoms with Crippen molar-refractivity contribution in [2.75, 3.05) is 0 Å². The molecule has 0 atom stereocenters. The van der Waals surface area contributed by atoms with Crippen LogP contribution in [0, 0.1) is 0 Å². The van der Waals surface area contributed by atoms with Gasteiger partial charge in [-0.05, 0) is 85.9 Å². The Balaban J connectivity index is 1.13. The van der Waals surface area contributed by atoms with Gasteiger partial charge < -0.3 is 4.57 Å². The first-order valence-corrected chi connectivity index (χ1v) is 18.0. The van der Waals surface area contributed by atoms with Gasteiger partial charge in [0.1, 0.15) is 0 Å². The Kier molecular flexibility index (Phi) is 5.96. The highest BCUT2D eigenvalue weighted by molar-refractivity contribution is 7.99. The molecule has 1 aliphatic heterocycles. The molecule has 0 N–H and O–H groups in total. The third kappa shape index (κ3) is 4.03. The summed E-state index contributed by atoms with van der Waals surface area (Å²) in [7, 11) is 0. The van der Waals surface area contributed by atoms with Crippen molar-refractivity contribution in [1.82, 2.24) is 4.57 Å². The summed E-state index contributed by atoms with van der Waals surface area (Å²) in [4.78, 5) is 2.66. The Morgan fingerprint density at radius 1 is 0.340 bits per heavy atom. The Labute approximate surface area is 294 Å². The molecule has 10 aromatic rings. The van der Waals surface area contributed by atoms with Gasteiger partial charge in [-0.1, -0.05) is 151 Å². The summed E-state index contributed by atoms with van der Waals surface area (Å²) in [5.41, 5.74) is 11.3. The van der Waals surface area contributed by atoms with Crippen LogP contribution in [0.3, 0.4) is 0 Å². The Bertz CT molecular complexity index is 2980. The molecular weight excluding hydrogens is 623 g/mol. The van der Waals surface area contributed by atoms with E-state index in [4.69, 9.17) is 0 Å². The fourth-order valence-corrected chi connectivity index (χ4v) is 9.42. The van der Waals surface area contributed by atoms with Crippen molar-refractivity contribution in [2.24, 2.45) is 0 Å². The first kappa shape index (κ1) is 27.8. The average molecular weight is 652 g/mol. The Morgan fingerprint density at radius 3 is 1.86 bits per heavy atom. The summed E-state index contributed by atoms with van der Waals surface area (Å²) < 4.78 is 2.50. The summed E-state index contributed by atoms with van der Waals surface area (Å²) >= 11 is 1.88. The lowest BCUT2D eigenvalue weighted by molar-refractivity contribution is 1.19. The Hall–Kier alpha value is -6.09. The minimum Gasteiger partial charge on any atom is -0.308 e. The largest absolute Gasteiger partial charge is 0.308 e. The van der Waals surface area contributed by atoms with Gasteiger partial charge in [-0.15, -0.1) is 0 Å². The molecule has 0 fully saturated rings. The number of benzene rings is 9. The molecule has 2 heterocycles. The van der Waals surface area contributed by atoms with E-state index in [1.165, 1.54) is 103 Å². The number of aromatic nitrogens is 1. The highest BCUT2D eigenvalue weighted by atomic mass is 32.2. The lowest BCUT2D eigenvalue weighted by atomic mass is 9.92. The topological polar surface area (TPSA) is 4.93 Å². The van der Waals surface area contributed by atoms with Crippen LogP contribution in [-0.4, -0.2) is 4.57 Å². The van der Waals surface area contributed by atoms with Crippen molar-refractivity contribution >= 4 is 65.9 Å². The Morgan fingerprint density at radius 2 is 1.02 bits per heavy atom. The zero-order chi connectivity index (χ0) is 32.8. The second kappa shape index (κ2) is 10.7. The fraction of sp³-hybridized carbons (Fsp3) is 0. The lowest BCUT2D eigenvalue weighted by Crippen LogP contribution is -1.95. The average Bonchev–Trinajstić information content (AvgIpc) is 3.54. The van der Waals surface area contributed by atoms with Crippen molar-refractivity contribution in [3.63, 3.8) is 0 Å². The molecule has 0 saturated heterocycles. The molecule has 0 radical (unpaired) electrons. The number of hydrogen-bond acceptors (Lipinski definition) is 1. The maximum atomic E-state index is 2.50. The number of para-hydroxylation sites is 1. The van der Waals surface area contributed by atoms with Gasteiger partial charge in [0.2, 0.25) is 0 Å². The van der Waals surface area contributed by atoms with Crippen LogP contribution in [0.5, 0.6) is 0 Å². The third-order valence-electron chi connectivity index (χ3n) is 10.5. The molecule has 0 amide bonds. The monoisotopic (exact) mass is 651 g/mol. The molecule has 50 heavy (non-hydrogen) atoms. The minimum atomic E-state index is 1.17. The van der Waals surface area contributed by atoms with Crippen molar-refractivity contribution in [3.8, 4) is 39.1 Å². The molecule has 1 aliphatic rings. The van der Waals surface area contributed by atoms with Gasteiger partial charge in [0.05, 0.1) is 11.0 Å². The van der Waals surface area contributed by atoms with Crippen molar-refractivity contribution < 1.29 is 0 Å². The molecule has 11 rings (SSSR count). The molecule has 0 spiro atoms. The standard InChI is InChI=1S/C48H29NS/c1-2-14-36(15-3-1)49-47-37-16-6-4-10-31(37)24-26-40(47)46-41(29-35-11-5-7-17-38(35)48(46)49)32-22-20-30(21-23-32)34-25-27-43-42(28-34)39-18-8-12-33-13-9-19-44(50-43)45(33)39/h1-29H. The molecule has 0 bridgehead atoms. The van der Waals surface area contributed by atoms with Crippen LogP contribution in [0.25, 0.3) is 93.2 Å². The van der Waals surface area contributed by atoms with Crippen molar-refractivity contribution in [2.45, 2.75) is 9.79 Å². The zero-order valence-electron chi connectivity index (χ0n) is 27.1. The fourth-order valence-electron chi connectivity index (χ4n) is 8.29. The van der Waals surface area contributed by atoms with E-state index >= 15 is 0 Å². The minimum absolute atomic E-state index is 1.17. The molecule has 1 nitrogen and oxygen atoms in total. The summed E-state index contributed by atoms with van der Waals surface area (Å²) in [6.07, 6.45) is 0. The number of rotatable bonds is 3. The molecule has 232 valence electrons. The normalized spacial score (nSPS) is 12.3. The number of fused-ring (bicyclic) bond motifs is 9. The van der Waals surface area contributed by atoms with Gasteiger partial charge in [0.25, 0.3) is 0 Å². The summed E-state index contributed by atoms with van der Waals surface area (Å²) in [6, 6.07) is 65.0. The maximum absolute atomic E-state index is 2.50. The first-order valence-electron chi connectivity index (χ1n) is 17.2. The molecule has 0 aliphatic carbocycles. The number of hydrogen-bond donors (Lipinski definition) is 0. The van der Waals surface area contributed by atoms with Crippen LogP contribution >= 0.6 is 11.8 Å². The van der Waals surface area contributed by atoms with Crippen molar-refractivity contribution in [1.29, 1.82) is 0 Å². The van der Waals surface area contributed by atoms with Crippen LogP contribution in [0.15, 0.2) is 186 Å². The second-order valence-corrected chi connectivity index (χ2v) is 14.4. The quantitative estimate of drug-likeness (QED) is 0.184. The summed E-state index contributed by atoms with van der Waals surface area (Å²) in [6.45, 7) is 0. The predicted octanol–water partition coefficient (Wildman–Crippen LogP) is 13.7. The van der Waals surface area contributed by atoms with Crippen LogP contribution in [-0.2, 0) is 0 Å². The van der Waals surface area contributed by atoms with Crippen LogP contribution < -0.4 is 0 Å². The van der Waals surface area contributed by atoms with E-state index in [2.05, 4.69) is 180 Å². The highest BCUT2D eigenvalue weighted by Gasteiger charge is 2.22. The third-order valence-corrected chi connectivity index (χ3v) is 11.7. The van der Waals surface area contributed by atoms with Crippen LogP contribution in [0.2, 0.25) is 0 Å². The SMILES string of the molecule is c1ccc(-n2c3c4ccccc4ccc3c3c(-c4ccc(-c5ccc6c(c5)-c5cccc7cccc(c57)S6)cc4)cc4ccccc4c32)cc1. The van der Waals surface area contributed by atoms with Gasteiger partial charge in [0, 0.05) is 42.4 Å². The summed E-state index contributed by atoms with van der Waals surface area (Å²) in [5.74, 6) is 0. The predicted molar refractivity (Wildman–Crippen MR) is 214 cm³/mol. The highest BCUT2D eigenvalue weighted by Crippen LogP contribution is 2.49. The van der Waals surface area contributed by atoms with E-state index in [0.29, 0.717) is 0 Å². The van der Waals surface area contributed by atoms with E-state index in [0.717, 1.165) is 0 Å². The molecule has 1 aromatic heterocycles. The van der Waals surface area contributed by atoms with Crippen molar-refractivity contribution in [3.05, 3.63) is 176 Å². The molecule has 2 heteroatoms. The van der Waals surface area contributed by atoms with E-state index in [-0.39, 0.29) is 0 Å². The van der Waals surface area contributed by atoms with E-state index in [1.807, 2.05) is 11.8 Å². The lowest BCUT2D eigenvalue weighted by Gasteiger charge is -2.21. The molecule has 9 aromatic carbocycles. The zero-order valence-corrected chi connectivity index (χ0v) is 27.9. The first-order chi connectivity index (χ1) is 24.8.